The molecule has 10 rings (SSSR count). The van der Waals surface area contributed by atoms with Gasteiger partial charge in [0.05, 0.1) is 23.3 Å². The van der Waals surface area contributed by atoms with Crippen molar-refractivity contribution in [1.82, 2.24) is 0 Å². The zero-order valence-corrected chi connectivity index (χ0v) is 29.2. The van der Waals surface area contributed by atoms with Crippen LogP contribution in [-0.2, 0) is 12.0 Å². The van der Waals surface area contributed by atoms with Crippen molar-refractivity contribution in [3.63, 3.8) is 0 Å². The monoisotopic (exact) mass is 676 g/mol. The van der Waals surface area contributed by atoms with Crippen molar-refractivity contribution in [2.24, 2.45) is 4.99 Å². The molecule has 0 aromatic heterocycles. The van der Waals surface area contributed by atoms with Gasteiger partial charge in [-0.1, -0.05) is 170 Å². The van der Waals surface area contributed by atoms with E-state index in [2.05, 4.69) is 205 Å². The van der Waals surface area contributed by atoms with Crippen LogP contribution < -0.4 is 4.90 Å². The van der Waals surface area contributed by atoms with E-state index in [1.165, 1.54) is 72.6 Å². The van der Waals surface area contributed by atoms with Gasteiger partial charge < -0.3 is 4.90 Å². The van der Waals surface area contributed by atoms with Crippen molar-refractivity contribution in [3.05, 3.63) is 234 Å². The smallest absolute Gasteiger partial charge is 0.0754 e. The average molecular weight is 677 g/mol. The first-order valence-corrected chi connectivity index (χ1v) is 18.3. The SMILES string of the molecule is C(=NCc1ccc(-c2ccccc2)cc1)c1ccccc1-c1ccc2c(c1)C1(c3ccccc3-2)c2ccccc2N(c2ccccc2)c2ccccc21. The largest absolute Gasteiger partial charge is 0.310 e. The Morgan fingerprint density at radius 1 is 0.415 bits per heavy atom. The second-order valence-corrected chi connectivity index (χ2v) is 13.9. The van der Waals surface area contributed by atoms with E-state index in [-0.39, 0.29) is 0 Å². The highest BCUT2D eigenvalue weighted by Gasteiger charge is 2.51. The molecule has 0 N–H and O–H groups in total. The maximum atomic E-state index is 4.95. The first-order valence-electron chi connectivity index (χ1n) is 18.3. The van der Waals surface area contributed by atoms with Crippen LogP contribution in [0.4, 0.5) is 17.1 Å². The molecular formula is C51H36N2. The fraction of sp³-hybridized carbons (Fsp3) is 0.0392. The minimum Gasteiger partial charge on any atom is -0.310 e. The van der Waals surface area contributed by atoms with E-state index >= 15 is 0 Å². The van der Waals surface area contributed by atoms with Crippen LogP contribution in [0.2, 0.25) is 0 Å². The summed E-state index contributed by atoms with van der Waals surface area (Å²) >= 11 is 0. The highest BCUT2D eigenvalue weighted by atomic mass is 15.2. The molecule has 2 aliphatic rings. The lowest BCUT2D eigenvalue weighted by molar-refractivity contribution is 0.753. The number of benzene rings is 8. The van der Waals surface area contributed by atoms with Gasteiger partial charge in [-0.3, -0.25) is 4.99 Å². The predicted molar refractivity (Wildman–Crippen MR) is 221 cm³/mol. The van der Waals surface area contributed by atoms with Crippen LogP contribution >= 0.6 is 0 Å². The van der Waals surface area contributed by atoms with Gasteiger partial charge in [-0.25, -0.2) is 0 Å². The van der Waals surface area contributed by atoms with Gasteiger partial charge in [0.1, 0.15) is 0 Å². The van der Waals surface area contributed by atoms with Gasteiger partial charge in [0.25, 0.3) is 0 Å². The Hall–Kier alpha value is -6.77. The predicted octanol–water partition coefficient (Wildman–Crippen LogP) is 12.8. The Balaban J connectivity index is 1.09. The second kappa shape index (κ2) is 12.8. The third-order valence-electron chi connectivity index (χ3n) is 11.0. The molecule has 0 saturated heterocycles. The van der Waals surface area contributed by atoms with E-state index in [0.29, 0.717) is 6.54 Å². The summed E-state index contributed by atoms with van der Waals surface area (Å²) in [6.45, 7) is 0.623. The number of nitrogens with zero attached hydrogens (tertiary/aromatic N) is 2. The van der Waals surface area contributed by atoms with Crippen molar-refractivity contribution < 1.29 is 0 Å². The maximum Gasteiger partial charge on any atom is 0.0754 e. The van der Waals surface area contributed by atoms with Gasteiger partial charge >= 0.3 is 0 Å². The zero-order valence-electron chi connectivity index (χ0n) is 29.2. The molecule has 0 saturated carbocycles. The van der Waals surface area contributed by atoms with E-state index in [0.717, 1.165) is 11.3 Å². The molecule has 53 heavy (non-hydrogen) atoms. The van der Waals surface area contributed by atoms with Crippen molar-refractivity contribution >= 4 is 23.3 Å². The Morgan fingerprint density at radius 2 is 0.943 bits per heavy atom. The Bertz CT molecular complexity index is 2590. The topological polar surface area (TPSA) is 15.6 Å². The maximum absolute atomic E-state index is 4.95. The standard InChI is InChI=1S/C51H36N2/c1-3-15-37(16-4-1)38-29-27-36(28-30-38)34-52-35-40-17-7-8-20-42(40)39-31-32-44-43-21-9-10-22-45(43)51(48(44)33-39)46-23-11-13-25-49(46)53(41-18-5-2-6-19-41)50-26-14-12-24-47(50)51/h1-33,35H,34H2. The first kappa shape index (κ1) is 31.0. The summed E-state index contributed by atoms with van der Waals surface area (Å²) in [5.41, 5.74) is 18.0. The number of hydrogen-bond donors (Lipinski definition) is 0. The number of fused-ring (bicyclic) bond motifs is 9. The highest BCUT2D eigenvalue weighted by Crippen LogP contribution is 2.63. The summed E-state index contributed by atoms with van der Waals surface area (Å²) in [5, 5.41) is 0. The summed E-state index contributed by atoms with van der Waals surface area (Å²) in [4.78, 5) is 7.39. The summed E-state index contributed by atoms with van der Waals surface area (Å²) in [7, 11) is 0. The fourth-order valence-electron chi connectivity index (χ4n) is 8.68. The Morgan fingerprint density at radius 3 is 1.66 bits per heavy atom. The van der Waals surface area contributed by atoms with Gasteiger partial charge in [-0.2, -0.15) is 0 Å². The summed E-state index contributed by atoms with van der Waals surface area (Å²) in [5.74, 6) is 0. The van der Waals surface area contributed by atoms with Gasteiger partial charge in [-0.05, 0) is 91.5 Å². The number of rotatable bonds is 6. The van der Waals surface area contributed by atoms with Crippen molar-refractivity contribution in [1.29, 1.82) is 0 Å². The molecule has 0 bridgehead atoms. The van der Waals surface area contributed by atoms with Gasteiger partial charge in [-0.15, -0.1) is 0 Å². The normalized spacial score (nSPS) is 13.4. The molecule has 0 atom stereocenters. The van der Waals surface area contributed by atoms with Crippen molar-refractivity contribution in [2.45, 2.75) is 12.0 Å². The van der Waals surface area contributed by atoms with E-state index in [9.17, 15) is 0 Å². The Labute approximate surface area is 311 Å². The quantitative estimate of drug-likeness (QED) is 0.160. The van der Waals surface area contributed by atoms with Crippen LogP contribution in [0.3, 0.4) is 0 Å². The number of aliphatic imine (C=N–C) groups is 1. The van der Waals surface area contributed by atoms with E-state index < -0.39 is 5.41 Å². The van der Waals surface area contributed by atoms with Gasteiger partial charge in [0.15, 0.2) is 0 Å². The zero-order chi connectivity index (χ0) is 35.2. The van der Waals surface area contributed by atoms with Crippen LogP contribution in [0.25, 0.3) is 33.4 Å². The van der Waals surface area contributed by atoms with E-state index in [1.54, 1.807) is 0 Å². The molecule has 250 valence electrons. The van der Waals surface area contributed by atoms with Crippen LogP contribution in [0.1, 0.15) is 33.4 Å². The van der Waals surface area contributed by atoms with Crippen LogP contribution in [0.5, 0.6) is 0 Å². The van der Waals surface area contributed by atoms with Crippen molar-refractivity contribution in [3.8, 4) is 33.4 Å². The highest BCUT2D eigenvalue weighted by molar-refractivity contribution is 5.97. The third-order valence-corrected chi connectivity index (χ3v) is 11.0. The molecule has 1 aliphatic carbocycles. The summed E-state index contributed by atoms with van der Waals surface area (Å²) in [6, 6.07) is 72.7. The molecule has 8 aromatic carbocycles. The van der Waals surface area contributed by atoms with Crippen LogP contribution in [-0.4, -0.2) is 6.21 Å². The molecule has 1 spiro atoms. The lowest BCUT2D eigenvalue weighted by Crippen LogP contribution is -2.36. The second-order valence-electron chi connectivity index (χ2n) is 13.9. The summed E-state index contributed by atoms with van der Waals surface area (Å²) < 4.78 is 0. The molecule has 2 heteroatoms. The van der Waals surface area contributed by atoms with Gasteiger partial charge in [0, 0.05) is 17.5 Å². The minimum absolute atomic E-state index is 0.491. The minimum atomic E-state index is -0.491. The molecule has 0 radical (unpaired) electrons. The summed E-state index contributed by atoms with van der Waals surface area (Å²) in [6.07, 6.45) is 2.04. The molecule has 0 unspecified atom stereocenters. The lowest BCUT2D eigenvalue weighted by atomic mass is 9.64. The van der Waals surface area contributed by atoms with Crippen LogP contribution in [0, 0.1) is 0 Å². The molecule has 8 aromatic rings. The van der Waals surface area contributed by atoms with E-state index in [1.807, 2.05) is 6.21 Å². The van der Waals surface area contributed by atoms with Crippen LogP contribution in [0.15, 0.2) is 205 Å². The molecule has 1 heterocycles. The molecular weight excluding hydrogens is 641 g/mol. The number of anilines is 3. The molecule has 1 aliphatic heterocycles. The van der Waals surface area contributed by atoms with Crippen molar-refractivity contribution in [2.75, 3.05) is 4.90 Å². The first-order chi connectivity index (χ1) is 26.3. The molecule has 0 amide bonds. The number of para-hydroxylation sites is 3. The Kier molecular flexibility index (Phi) is 7.47. The third kappa shape index (κ3) is 4.98. The average Bonchev–Trinajstić information content (AvgIpc) is 3.52. The molecule has 0 fully saturated rings. The fourth-order valence-corrected chi connectivity index (χ4v) is 8.68. The number of hydrogen-bond acceptors (Lipinski definition) is 2. The lowest BCUT2D eigenvalue weighted by Gasteiger charge is -2.45. The van der Waals surface area contributed by atoms with E-state index in [4.69, 9.17) is 4.99 Å². The van der Waals surface area contributed by atoms with Gasteiger partial charge in [0.2, 0.25) is 0 Å². The molecule has 2 nitrogen and oxygen atoms in total.